The van der Waals surface area contributed by atoms with Gasteiger partial charge in [0, 0.05) is 23.8 Å². The number of aliphatic hydroxyl groups is 1. The lowest BCUT2D eigenvalue weighted by molar-refractivity contribution is -0.188. The molecule has 7 atom stereocenters. The Balaban J connectivity index is 1.44. The summed E-state index contributed by atoms with van der Waals surface area (Å²) in [5.41, 5.74) is 3.45. The Labute approximate surface area is 204 Å². The van der Waals surface area contributed by atoms with Crippen LogP contribution in [0.3, 0.4) is 0 Å². The number of ketones is 1. The van der Waals surface area contributed by atoms with E-state index in [9.17, 15) is 14.7 Å². The summed E-state index contributed by atoms with van der Waals surface area (Å²) in [7, 11) is 0. The van der Waals surface area contributed by atoms with Gasteiger partial charge in [0.25, 0.3) is 0 Å². The Hall–Kier alpha value is -1.68. The maximum Gasteiger partial charge on any atom is 0.336 e. The number of fused-ring (bicyclic) bond motifs is 5. The number of carbonyl (C=O) groups is 2. The van der Waals surface area contributed by atoms with E-state index in [1.807, 2.05) is 0 Å². The second kappa shape index (κ2) is 7.18. The molecule has 0 aromatic rings. The molecule has 0 amide bonds. The van der Waals surface area contributed by atoms with E-state index >= 15 is 0 Å². The molecule has 0 radical (unpaired) electrons. The number of hydrogen-bond acceptors (Lipinski definition) is 4. The van der Waals surface area contributed by atoms with E-state index in [1.165, 1.54) is 11.1 Å². The van der Waals surface area contributed by atoms with E-state index in [0.29, 0.717) is 36.0 Å². The zero-order valence-electron chi connectivity index (χ0n) is 22.1. The molecule has 2 saturated carbocycles. The average molecular weight is 467 g/mol. The first-order valence-corrected chi connectivity index (χ1v) is 13.3. The molecule has 0 saturated heterocycles. The summed E-state index contributed by atoms with van der Waals surface area (Å²) in [5.74, 6) is -0.384. The predicted molar refractivity (Wildman–Crippen MR) is 133 cm³/mol. The molecule has 5 aliphatic rings. The molecule has 4 heteroatoms. The van der Waals surface area contributed by atoms with Gasteiger partial charge < -0.3 is 9.84 Å². The molecule has 0 aromatic heterocycles. The van der Waals surface area contributed by atoms with Crippen LogP contribution in [0.4, 0.5) is 0 Å². The smallest absolute Gasteiger partial charge is 0.336 e. The van der Waals surface area contributed by atoms with Gasteiger partial charge in [-0.05, 0) is 90.2 Å². The summed E-state index contributed by atoms with van der Waals surface area (Å²) < 4.78 is 5.36. The maximum atomic E-state index is 12.8. The lowest BCUT2D eigenvalue weighted by Crippen LogP contribution is -2.55. The number of esters is 1. The highest BCUT2D eigenvalue weighted by Crippen LogP contribution is 2.70. The van der Waals surface area contributed by atoms with Crippen LogP contribution in [-0.2, 0) is 14.3 Å². The maximum absolute atomic E-state index is 12.8. The fraction of sp³-hybridized carbons (Fsp3) is 0.733. The molecule has 0 unspecified atom stereocenters. The second-order valence-electron chi connectivity index (χ2n) is 13.4. The van der Waals surface area contributed by atoms with Gasteiger partial charge >= 0.3 is 5.97 Å². The molecule has 0 aromatic carbocycles. The normalized spacial score (nSPS) is 45.9. The van der Waals surface area contributed by atoms with Gasteiger partial charge in [-0.25, -0.2) is 4.79 Å². The minimum absolute atomic E-state index is 0.0235. The van der Waals surface area contributed by atoms with Crippen molar-refractivity contribution in [1.29, 1.82) is 0 Å². The number of cyclic esters (lactones) is 1. The Kier molecular flexibility index (Phi) is 5.08. The number of rotatable bonds is 3. The van der Waals surface area contributed by atoms with Gasteiger partial charge in [-0.2, -0.15) is 0 Å². The van der Waals surface area contributed by atoms with Crippen LogP contribution in [0.1, 0.15) is 93.4 Å². The van der Waals surface area contributed by atoms with Crippen molar-refractivity contribution in [3.05, 3.63) is 34.9 Å². The van der Waals surface area contributed by atoms with E-state index in [-0.39, 0.29) is 27.6 Å². The van der Waals surface area contributed by atoms with Crippen LogP contribution < -0.4 is 0 Å². The Bertz CT molecular complexity index is 1050. The van der Waals surface area contributed by atoms with Crippen LogP contribution in [0.15, 0.2) is 34.9 Å². The third-order valence-corrected chi connectivity index (χ3v) is 11.6. The van der Waals surface area contributed by atoms with Crippen LogP contribution in [-0.4, -0.2) is 22.6 Å². The lowest BCUT2D eigenvalue weighted by atomic mass is 9.43. The van der Waals surface area contributed by atoms with Crippen LogP contribution in [0, 0.1) is 39.4 Å². The number of ether oxygens (including phenoxy) is 1. The first-order valence-electron chi connectivity index (χ1n) is 13.3. The first kappa shape index (κ1) is 24.0. The Morgan fingerprint density at radius 1 is 1.12 bits per heavy atom. The SMILES string of the molecule is CC1=C[C@@](O)(C[C@@H](C)[C@]2(C)CC=C3C4=CC[C@H]5C(C)(C)C(=O)CC[C@]5(C)[C@@H]4CC[C@]32C)OC1=O. The number of allylic oxidation sites excluding steroid dienone is 4. The minimum atomic E-state index is -1.50. The summed E-state index contributed by atoms with van der Waals surface area (Å²) in [5, 5.41) is 11.0. The molecule has 1 aliphatic heterocycles. The van der Waals surface area contributed by atoms with Crippen LogP contribution in [0.2, 0.25) is 0 Å². The fourth-order valence-electron chi connectivity index (χ4n) is 8.94. The molecule has 4 aliphatic carbocycles. The standard InChI is InChI=1S/C30H42O4/c1-18-16-30(33,34-25(18)32)17-19(2)28(6)14-11-22-20-8-9-23-26(3,4)24(31)12-13-27(23,5)21(20)10-15-29(22,28)7/h8,11,16,19,21,23,33H,9-10,12-15,17H2,1-7H3/t19-,21-,23+,27-,28+,29-,30+/m1/s1. The van der Waals surface area contributed by atoms with Gasteiger partial charge in [-0.15, -0.1) is 0 Å². The van der Waals surface area contributed by atoms with E-state index in [4.69, 9.17) is 4.74 Å². The van der Waals surface area contributed by atoms with Gasteiger partial charge in [0.1, 0.15) is 5.78 Å². The summed E-state index contributed by atoms with van der Waals surface area (Å²) >= 11 is 0. The monoisotopic (exact) mass is 466 g/mol. The van der Waals surface area contributed by atoms with Crippen molar-refractivity contribution in [3.63, 3.8) is 0 Å². The largest absolute Gasteiger partial charge is 0.426 e. The van der Waals surface area contributed by atoms with Gasteiger partial charge in [-0.1, -0.05) is 53.7 Å². The quantitative estimate of drug-likeness (QED) is 0.496. The van der Waals surface area contributed by atoms with Crippen LogP contribution >= 0.6 is 0 Å². The van der Waals surface area contributed by atoms with E-state index < -0.39 is 11.8 Å². The molecule has 1 heterocycles. The summed E-state index contributed by atoms with van der Waals surface area (Å²) in [6, 6.07) is 0. The highest BCUT2D eigenvalue weighted by atomic mass is 16.7. The van der Waals surface area contributed by atoms with Crippen molar-refractivity contribution in [3.8, 4) is 0 Å². The van der Waals surface area contributed by atoms with Gasteiger partial charge in [0.15, 0.2) is 0 Å². The summed E-state index contributed by atoms with van der Waals surface area (Å²) in [4.78, 5) is 24.7. The predicted octanol–water partition coefficient (Wildman–Crippen LogP) is 6.30. The van der Waals surface area contributed by atoms with E-state index in [0.717, 1.165) is 32.1 Å². The zero-order chi connectivity index (χ0) is 24.9. The van der Waals surface area contributed by atoms with Crippen molar-refractivity contribution < 1.29 is 19.4 Å². The molecule has 1 N–H and O–H groups in total. The van der Waals surface area contributed by atoms with Crippen molar-refractivity contribution >= 4 is 11.8 Å². The van der Waals surface area contributed by atoms with Crippen molar-refractivity contribution in [1.82, 2.24) is 0 Å². The first-order chi connectivity index (χ1) is 15.7. The summed E-state index contributed by atoms with van der Waals surface area (Å²) in [6.45, 7) is 15.5. The van der Waals surface area contributed by atoms with Gasteiger partial charge in [0.05, 0.1) is 0 Å². The third kappa shape index (κ3) is 2.99. The van der Waals surface area contributed by atoms with Gasteiger partial charge in [-0.3, -0.25) is 4.79 Å². The van der Waals surface area contributed by atoms with Crippen LogP contribution in [0.25, 0.3) is 0 Å². The van der Waals surface area contributed by atoms with Crippen molar-refractivity contribution in [2.45, 2.75) is 99.2 Å². The van der Waals surface area contributed by atoms with E-state index in [1.54, 1.807) is 13.0 Å². The molecular weight excluding hydrogens is 424 g/mol. The Morgan fingerprint density at radius 2 is 1.82 bits per heavy atom. The fourth-order valence-corrected chi connectivity index (χ4v) is 8.94. The number of carbonyl (C=O) groups excluding carboxylic acids is 2. The van der Waals surface area contributed by atoms with Crippen LogP contribution in [0.5, 0.6) is 0 Å². The molecular formula is C30H42O4. The molecule has 4 nitrogen and oxygen atoms in total. The topological polar surface area (TPSA) is 63.6 Å². The highest BCUT2D eigenvalue weighted by molar-refractivity contribution is 5.90. The summed E-state index contributed by atoms with van der Waals surface area (Å²) in [6.07, 6.45) is 12.9. The van der Waals surface area contributed by atoms with E-state index in [2.05, 4.69) is 53.7 Å². The number of Topliss-reactive ketones (excluding diaryl/α,β-unsaturated/α-hetero) is 1. The average Bonchev–Trinajstić information content (AvgIpc) is 3.17. The minimum Gasteiger partial charge on any atom is -0.426 e. The zero-order valence-corrected chi connectivity index (χ0v) is 22.1. The highest BCUT2D eigenvalue weighted by Gasteiger charge is 2.62. The van der Waals surface area contributed by atoms with Crippen molar-refractivity contribution in [2.24, 2.45) is 39.4 Å². The molecule has 0 bridgehead atoms. The Morgan fingerprint density at radius 3 is 2.47 bits per heavy atom. The van der Waals surface area contributed by atoms with Crippen molar-refractivity contribution in [2.75, 3.05) is 0 Å². The molecule has 0 spiro atoms. The molecule has 186 valence electrons. The second-order valence-corrected chi connectivity index (χ2v) is 13.4. The molecule has 2 fully saturated rings. The molecule has 5 rings (SSSR count). The third-order valence-electron chi connectivity index (χ3n) is 11.6. The number of hydrogen-bond donors (Lipinski definition) is 1. The molecule has 34 heavy (non-hydrogen) atoms. The van der Waals surface area contributed by atoms with Gasteiger partial charge in [0.2, 0.25) is 5.79 Å². The lowest BCUT2D eigenvalue weighted by Gasteiger charge is -2.60.